The lowest BCUT2D eigenvalue weighted by molar-refractivity contribution is -0.274. The van der Waals surface area contributed by atoms with Crippen molar-refractivity contribution in [3.63, 3.8) is 0 Å². The van der Waals surface area contributed by atoms with Crippen LogP contribution < -0.4 is 10.2 Å². The van der Waals surface area contributed by atoms with Gasteiger partial charge in [-0.2, -0.15) is 0 Å². The fourth-order valence-electron chi connectivity index (χ4n) is 2.18. The smallest absolute Gasteiger partial charge is 0.466 e. The van der Waals surface area contributed by atoms with Crippen molar-refractivity contribution >= 4 is 12.3 Å². The number of hydrogen-bond acceptors (Lipinski definition) is 4. The van der Waals surface area contributed by atoms with Crippen LogP contribution in [0.2, 0.25) is 0 Å². The molecule has 0 saturated carbocycles. The van der Waals surface area contributed by atoms with Crippen molar-refractivity contribution in [3.8, 4) is 5.75 Å². The Morgan fingerprint density at radius 3 is 2.24 bits per heavy atom. The largest absolute Gasteiger partial charge is 0.573 e. The SMILES string of the molecule is C=N/C=C\C=C(/C)c1c(C)oc(C)cc1=O.CC.FC(F)(F)Oc1ccccc1. The Morgan fingerprint density at radius 2 is 1.76 bits per heavy atom. The van der Waals surface area contributed by atoms with E-state index in [1.807, 2.05) is 26.8 Å². The molecule has 0 N–H and O–H groups in total. The maximum atomic E-state index is 11.8. The summed E-state index contributed by atoms with van der Waals surface area (Å²) >= 11 is 0. The van der Waals surface area contributed by atoms with Crippen molar-refractivity contribution in [2.24, 2.45) is 4.99 Å². The van der Waals surface area contributed by atoms with Crippen LogP contribution in [0.4, 0.5) is 13.2 Å². The number of hydrogen-bond donors (Lipinski definition) is 0. The van der Waals surface area contributed by atoms with E-state index in [0.717, 1.165) is 5.57 Å². The number of alkyl halides is 3. The summed E-state index contributed by atoms with van der Waals surface area (Å²) in [5, 5.41) is 0. The van der Waals surface area contributed by atoms with Crippen molar-refractivity contribution in [2.45, 2.75) is 41.0 Å². The van der Waals surface area contributed by atoms with Crippen LogP contribution in [0.1, 0.15) is 37.9 Å². The van der Waals surface area contributed by atoms with Crippen LogP contribution in [0.5, 0.6) is 5.75 Å². The molecule has 29 heavy (non-hydrogen) atoms. The second kappa shape index (κ2) is 13.1. The predicted molar refractivity (Wildman–Crippen MR) is 111 cm³/mol. The number of aryl methyl sites for hydroxylation is 2. The minimum atomic E-state index is -4.60. The predicted octanol–water partition coefficient (Wildman–Crippen LogP) is 6.49. The zero-order valence-corrected chi connectivity index (χ0v) is 17.2. The van der Waals surface area contributed by atoms with Gasteiger partial charge in [-0.15, -0.1) is 13.2 Å². The first-order valence-corrected chi connectivity index (χ1v) is 8.86. The Balaban J connectivity index is 0.000000526. The van der Waals surface area contributed by atoms with E-state index in [0.29, 0.717) is 17.1 Å². The Labute approximate surface area is 169 Å². The molecule has 4 nitrogen and oxygen atoms in total. The molecule has 158 valence electrons. The molecule has 0 fully saturated rings. The van der Waals surface area contributed by atoms with E-state index >= 15 is 0 Å². The molecule has 0 amide bonds. The second-order valence-corrected chi connectivity index (χ2v) is 5.39. The van der Waals surface area contributed by atoms with Crippen molar-refractivity contribution in [1.29, 1.82) is 0 Å². The van der Waals surface area contributed by atoms with Gasteiger partial charge in [-0.3, -0.25) is 9.79 Å². The van der Waals surface area contributed by atoms with E-state index in [1.165, 1.54) is 30.3 Å². The maximum Gasteiger partial charge on any atom is 0.573 e. The molecule has 0 aliphatic heterocycles. The first-order valence-electron chi connectivity index (χ1n) is 8.86. The molecule has 1 heterocycles. The monoisotopic (exact) mass is 409 g/mol. The average Bonchev–Trinajstić information content (AvgIpc) is 2.63. The number of halogens is 3. The van der Waals surface area contributed by atoms with Gasteiger partial charge in [0.2, 0.25) is 0 Å². The zero-order chi connectivity index (χ0) is 22.4. The molecule has 0 bridgehead atoms. The van der Waals surface area contributed by atoms with Gasteiger partial charge in [-0.05, 0) is 51.3 Å². The normalized spacial score (nSPS) is 11.1. The Morgan fingerprint density at radius 1 is 1.17 bits per heavy atom. The molecule has 1 aromatic heterocycles. The van der Waals surface area contributed by atoms with Crippen LogP contribution >= 0.6 is 0 Å². The van der Waals surface area contributed by atoms with Crippen LogP contribution in [0.15, 0.2) is 69.0 Å². The molecule has 2 rings (SSSR count). The van der Waals surface area contributed by atoms with E-state index in [9.17, 15) is 18.0 Å². The summed E-state index contributed by atoms with van der Waals surface area (Å²) < 4.78 is 43.6. The van der Waals surface area contributed by atoms with Crippen molar-refractivity contribution in [1.82, 2.24) is 0 Å². The lowest BCUT2D eigenvalue weighted by Gasteiger charge is -2.07. The molecule has 2 aromatic rings. The molecule has 0 atom stereocenters. The summed E-state index contributed by atoms with van der Waals surface area (Å²) in [6.45, 7) is 12.7. The topological polar surface area (TPSA) is 51.8 Å². The summed E-state index contributed by atoms with van der Waals surface area (Å²) in [6.07, 6.45) is 0.514. The molecular weight excluding hydrogens is 383 g/mol. The van der Waals surface area contributed by atoms with Crippen molar-refractivity contribution in [2.75, 3.05) is 0 Å². The number of rotatable bonds is 4. The summed E-state index contributed by atoms with van der Waals surface area (Å²) in [4.78, 5) is 15.4. The molecule has 0 aliphatic carbocycles. The molecule has 1 aromatic carbocycles. The van der Waals surface area contributed by atoms with E-state index in [2.05, 4.69) is 16.4 Å². The minimum absolute atomic E-state index is 0.0186. The molecule has 0 radical (unpaired) electrons. The van der Waals surface area contributed by atoms with Crippen molar-refractivity contribution < 1.29 is 22.3 Å². The lowest BCUT2D eigenvalue weighted by Crippen LogP contribution is -2.16. The molecule has 0 saturated heterocycles. The highest BCUT2D eigenvalue weighted by Gasteiger charge is 2.30. The first-order chi connectivity index (χ1) is 13.6. The van der Waals surface area contributed by atoms with E-state index in [-0.39, 0.29) is 11.2 Å². The van der Waals surface area contributed by atoms with Crippen molar-refractivity contribution in [3.05, 3.63) is 82.1 Å². The number of aliphatic imine (C=N–C) groups is 1. The van der Waals surface area contributed by atoms with Gasteiger partial charge in [0.25, 0.3) is 0 Å². The van der Waals surface area contributed by atoms with Gasteiger partial charge in [-0.1, -0.05) is 38.1 Å². The molecule has 7 heteroatoms. The number of ether oxygens (including phenoxy) is 1. The summed E-state index contributed by atoms with van der Waals surface area (Å²) in [6, 6.07) is 8.54. The zero-order valence-electron chi connectivity index (χ0n) is 17.2. The number of benzene rings is 1. The highest BCUT2D eigenvalue weighted by atomic mass is 19.4. The van der Waals surface area contributed by atoms with Crippen LogP contribution in [0.3, 0.4) is 0 Å². The Bertz CT molecular complexity index is 867. The second-order valence-electron chi connectivity index (χ2n) is 5.39. The molecule has 0 aliphatic rings. The third kappa shape index (κ3) is 10.7. The minimum Gasteiger partial charge on any atom is -0.466 e. The highest BCUT2D eigenvalue weighted by Crippen LogP contribution is 2.21. The van der Waals surface area contributed by atoms with Gasteiger partial charge < -0.3 is 9.15 Å². The van der Waals surface area contributed by atoms with Crippen LogP contribution in [0, 0.1) is 13.8 Å². The third-order valence-electron chi connectivity index (χ3n) is 3.16. The Kier molecular flexibility index (Phi) is 11.7. The fraction of sp³-hybridized carbons (Fsp3) is 0.273. The maximum absolute atomic E-state index is 11.8. The van der Waals surface area contributed by atoms with Gasteiger partial charge in [-0.25, -0.2) is 0 Å². The van der Waals surface area contributed by atoms with E-state index in [1.54, 1.807) is 32.2 Å². The first kappa shape index (κ1) is 25.9. The summed E-state index contributed by atoms with van der Waals surface area (Å²) in [5.41, 5.74) is 1.44. The summed E-state index contributed by atoms with van der Waals surface area (Å²) in [7, 11) is 0. The average molecular weight is 409 g/mol. The van der Waals surface area contributed by atoms with Gasteiger partial charge in [0.1, 0.15) is 17.3 Å². The van der Waals surface area contributed by atoms with Crippen LogP contribution in [-0.2, 0) is 0 Å². The van der Waals surface area contributed by atoms with E-state index < -0.39 is 6.36 Å². The van der Waals surface area contributed by atoms with Gasteiger partial charge in [0.15, 0.2) is 5.43 Å². The molecule has 0 spiro atoms. The number of para-hydroxylation sites is 1. The number of nitrogens with zero attached hydrogens (tertiary/aromatic N) is 1. The lowest BCUT2D eigenvalue weighted by atomic mass is 10.1. The third-order valence-corrected chi connectivity index (χ3v) is 3.16. The quantitative estimate of drug-likeness (QED) is 0.429. The highest BCUT2D eigenvalue weighted by molar-refractivity contribution is 5.66. The van der Waals surface area contributed by atoms with Crippen LogP contribution in [-0.4, -0.2) is 13.1 Å². The number of allylic oxidation sites excluding steroid dienone is 3. The van der Waals surface area contributed by atoms with Crippen LogP contribution in [0.25, 0.3) is 5.57 Å². The van der Waals surface area contributed by atoms with Gasteiger partial charge in [0.05, 0.1) is 5.56 Å². The fourth-order valence-corrected chi connectivity index (χ4v) is 2.18. The van der Waals surface area contributed by atoms with Gasteiger partial charge >= 0.3 is 6.36 Å². The molecule has 0 unspecified atom stereocenters. The standard InChI is InChI=1S/C13H15NO2.C7H5F3O.C2H6/c1-9(6-5-7-14-4)13-11(3)16-10(2)8-12(13)15;8-7(9,10)11-6-4-2-1-3-5-6;1-2/h5-8H,4H2,1-3H3;1-5H;1-2H3/b7-5-,9-6+;;. The summed E-state index contributed by atoms with van der Waals surface area (Å²) in [5.74, 6) is 1.07. The molecular formula is C22H26F3NO3. The van der Waals surface area contributed by atoms with Gasteiger partial charge in [0, 0.05) is 12.3 Å². The van der Waals surface area contributed by atoms with E-state index in [4.69, 9.17) is 4.42 Å². The Hall–Kier alpha value is -3.09.